The van der Waals surface area contributed by atoms with E-state index in [0.29, 0.717) is 17.2 Å². The number of amides is 1. The Labute approximate surface area is 189 Å². The highest BCUT2D eigenvalue weighted by atomic mass is 32.2. The summed E-state index contributed by atoms with van der Waals surface area (Å²) in [5, 5.41) is 3.96. The molecule has 32 heavy (non-hydrogen) atoms. The molecule has 0 spiro atoms. The van der Waals surface area contributed by atoms with Gasteiger partial charge in [0.25, 0.3) is 15.9 Å². The monoisotopic (exact) mass is 450 g/mol. The van der Waals surface area contributed by atoms with Crippen LogP contribution in [0.4, 0.5) is 0 Å². The average Bonchev–Trinajstić information content (AvgIpc) is 2.74. The Hall–Kier alpha value is -3.45. The third-order valence-corrected chi connectivity index (χ3v) is 6.42. The van der Waals surface area contributed by atoms with E-state index >= 15 is 0 Å². The van der Waals surface area contributed by atoms with E-state index < -0.39 is 15.9 Å². The SMILES string of the molecule is Cc1ccc(S(=O)(=O)NC(=O)c2ccc(O/N=C/c3ccc(C(C)C)cc3)cc2)c(C)c1. The average molecular weight is 451 g/mol. The van der Waals surface area contributed by atoms with Gasteiger partial charge in [0.2, 0.25) is 0 Å². The molecule has 0 fully saturated rings. The minimum Gasteiger partial charge on any atom is -0.357 e. The van der Waals surface area contributed by atoms with E-state index in [0.717, 1.165) is 11.1 Å². The molecule has 166 valence electrons. The first-order valence-electron chi connectivity index (χ1n) is 10.2. The largest absolute Gasteiger partial charge is 0.357 e. The number of rotatable bonds is 7. The van der Waals surface area contributed by atoms with Gasteiger partial charge in [-0.2, -0.15) is 0 Å². The molecule has 7 heteroatoms. The second kappa shape index (κ2) is 9.78. The number of oxime groups is 1. The van der Waals surface area contributed by atoms with E-state index in [4.69, 9.17) is 4.84 Å². The van der Waals surface area contributed by atoms with Gasteiger partial charge in [-0.1, -0.05) is 61.0 Å². The zero-order valence-electron chi connectivity index (χ0n) is 18.5. The van der Waals surface area contributed by atoms with Crippen molar-refractivity contribution in [1.29, 1.82) is 0 Å². The zero-order chi connectivity index (χ0) is 23.3. The van der Waals surface area contributed by atoms with Gasteiger partial charge in [-0.25, -0.2) is 13.1 Å². The van der Waals surface area contributed by atoms with Gasteiger partial charge in [-0.3, -0.25) is 4.79 Å². The summed E-state index contributed by atoms with van der Waals surface area (Å²) in [4.78, 5) is 17.9. The van der Waals surface area contributed by atoms with Crippen LogP contribution in [0.3, 0.4) is 0 Å². The van der Waals surface area contributed by atoms with E-state index in [-0.39, 0.29) is 10.5 Å². The van der Waals surface area contributed by atoms with Gasteiger partial charge in [-0.15, -0.1) is 0 Å². The van der Waals surface area contributed by atoms with Gasteiger partial charge in [-0.05, 0) is 66.8 Å². The van der Waals surface area contributed by atoms with Crippen molar-refractivity contribution in [3.8, 4) is 5.75 Å². The highest BCUT2D eigenvalue weighted by molar-refractivity contribution is 7.90. The fraction of sp³-hybridized carbons (Fsp3) is 0.200. The molecule has 0 aromatic heterocycles. The first-order valence-corrected chi connectivity index (χ1v) is 11.7. The second-order valence-electron chi connectivity index (χ2n) is 7.88. The van der Waals surface area contributed by atoms with Crippen LogP contribution in [0.1, 0.15) is 52.4 Å². The Balaban J connectivity index is 1.62. The lowest BCUT2D eigenvalue weighted by molar-refractivity contribution is 0.0981. The number of hydrogen-bond acceptors (Lipinski definition) is 5. The van der Waals surface area contributed by atoms with Crippen molar-refractivity contribution in [2.75, 3.05) is 0 Å². The maximum absolute atomic E-state index is 12.6. The summed E-state index contributed by atoms with van der Waals surface area (Å²) in [6, 6.07) is 19.0. The fourth-order valence-corrected chi connectivity index (χ4v) is 4.32. The van der Waals surface area contributed by atoms with Crippen LogP contribution >= 0.6 is 0 Å². The third-order valence-electron chi connectivity index (χ3n) is 4.93. The van der Waals surface area contributed by atoms with E-state index in [1.807, 2.05) is 31.2 Å². The van der Waals surface area contributed by atoms with Crippen molar-refractivity contribution < 1.29 is 18.0 Å². The first-order chi connectivity index (χ1) is 15.2. The molecule has 0 aliphatic carbocycles. The normalized spacial score (nSPS) is 11.7. The third kappa shape index (κ3) is 5.82. The van der Waals surface area contributed by atoms with Crippen molar-refractivity contribution >= 4 is 22.1 Å². The van der Waals surface area contributed by atoms with Crippen LogP contribution in [0, 0.1) is 13.8 Å². The second-order valence-corrected chi connectivity index (χ2v) is 9.53. The molecule has 3 aromatic carbocycles. The van der Waals surface area contributed by atoms with Gasteiger partial charge in [0, 0.05) is 5.56 Å². The standard InChI is InChI=1S/C25H26N2O4S/c1-17(2)21-8-6-20(7-9-21)16-26-31-23-12-10-22(11-13-23)25(28)27-32(29,30)24-14-5-18(3)15-19(24)4/h5-17H,1-4H3,(H,27,28)/b26-16+. The quantitative estimate of drug-likeness (QED) is 0.407. The Bertz CT molecular complexity index is 1230. The van der Waals surface area contributed by atoms with Crippen LogP contribution in [0.15, 0.2) is 76.8 Å². The lowest BCUT2D eigenvalue weighted by Crippen LogP contribution is -2.31. The molecule has 0 aliphatic heterocycles. The number of benzene rings is 3. The van der Waals surface area contributed by atoms with E-state index in [1.54, 1.807) is 37.4 Å². The summed E-state index contributed by atoms with van der Waals surface area (Å²) in [6.07, 6.45) is 1.60. The highest BCUT2D eigenvalue weighted by Gasteiger charge is 2.20. The molecule has 6 nitrogen and oxygen atoms in total. The summed E-state index contributed by atoms with van der Waals surface area (Å²) in [6.45, 7) is 7.83. The van der Waals surface area contributed by atoms with Crippen LogP contribution in [-0.4, -0.2) is 20.5 Å². The van der Waals surface area contributed by atoms with Crippen molar-refractivity contribution in [2.45, 2.75) is 38.5 Å². The van der Waals surface area contributed by atoms with Crippen molar-refractivity contribution in [2.24, 2.45) is 5.16 Å². The zero-order valence-corrected chi connectivity index (χ0v) is 19.3. The Morgan fingerprint density at radius 2 is 1.62 bits per heavy atom. The maximum atomic E-state index is 12.6. The summed E-state index contributed by atoms with van der Waals surface area (Å²) in [7, 11) is -3.97. The molecule has 0 saturated carbocycles. The van der Waals surface area contributed by atoms with Gasteiger partial charge >= 0.3 is 0 Å². The van der Waals surface area contributed by atoms with Gasteiger partial charge in [0.05, 0.1) is 11.1 Å². The molecule has 0 unspecified atom stereocenters. The Kier molecular flexibility index (Phi) is 7.10. The number of hydrogen-bond donors (Lipinski definition) is 1. The molecule has 0 aliphatic rings. The number of sulfonamides is 1. The Morgan fingerprint density at radius 3 is 2.22 bits per heavy atom. The van der Waals surface area contributed by atoms with E-state index in [1.165, 1.54) is 23.8 Å². The lowest BCUT2D eigenvalue weighted by atomic mass is 10.0. The molecular formula is C25H26N2O4S. The predicted molar refractivity (Wildman–Crippen MR) is 126 cm³/mol. The number of nitrogens with one attached hydrogen (secondary N) is 1. The molecule has 3 rings (SSSR count). The minimum atomic E-state index is -3.97. The van der Waals surface area contributed by atoms with Crippen molar-refractivity contribution in [3.05, 3.63) is 94.5 Å². The maximum Gasteiger partial charge on any atom is 0.265 e. The molecule has 3 aromatic rings. The topological polar surface area (TPSA) is 84.8 Å². The lowest BCUT2D eigenvalue weighted by Gasteiger charge is -2.10. The molecule has 1 amide bonds. The first kappa shape index (κ1) is 23.2. The van der Waals surface area contributed by atoms with Crippen molar-refractivity contribution in [1.82, 2.24) is 4.72 Å². The smallest absolute Gasteiger partial charge is 0.265 e. The molecule has 0 heterocycles. The van der Waals surface area contributed by atoms with E-state index in [9.17, 15) is 13.2 Å². The summed E-state index contributed by atoms with van der Waals surface area (Å²) < 4.78 is 27.3. The van der Waals surface area contributed by atoms with Crippen molar-refractivity contribution in [3.63, 3.8) is 0 Å². The van der Waals surface area contributed by atoms with Crippen LogP contribution in [0.25, 0.3) is 0 Å². The minimum absolute atomic E-state index is 0.0761. The van der Waals surface area contributed by atoms with Crippen LogP contribution in [-0.2, 0) is 10.0 Å². The molecule has 0 atom stereocenters. The number of carbonyl (C=O) groups is 1. The molecule has 0 saturated heterocycles. The number of carbonyl (C=O) groups excluding carboxylic acids is 1. The van der Waals surface area contributed by atoms with E-state index in [2.05, 4.69) is 23.7 Å². The van der Waals surface area contributed by atoms with Gasteiger partial charge in [0.15, 0.2) is 5.75 Å². The fourth-order valence-electron chi connectivity index (χ4n) is 3.12. The van der Waals surface area contributed by atoms with Crippen LogP contribution < -0.4 is 9.56 Å². The summed E-state index contributed by atoms with van der Waals surface area (Å²) in [5.74, 6) is 0.169. The number of nitrogens with zero attached hydrogens (tertiary/aromatic N) is 1. The molecule has 1 N–H and O–H groups in total. The van der Waals surface area contributed by atoms with Crippen LogP contribution in [0.5, 0.6) is 5.75 Å². The van der Waals surface area contributed by atoms with Gasteiger partial charge in [0.1, 0.15) is 0 Å². The molecule has 0 radical (unpaired) electrons. The number of aryl methyl sites for hydroxylation is 2. The van der Waals surface area contributed by atoms with Crippen LogP contribution in [0.2, 0.25) is 0 Å². The Morgan fingerprint density at radius 1 is 0.969 bits per heavy atom. The molecule has 0 bridgehead atoms. The summed E-state index contributed by atoms with van der Waals surface area (Å²) in [5.41, 5.74) is 3.86. The summed E-state index contributed by atoms with van der Waals surface area (Å²) >= 11 is 0. The molecular weight excluding hydrogens is 424 g/mol. The van der Waals surface area contributed by atoms with Gasteiger partial charge < -0.3 is 4.84 Å². The highest BCUT2D eigenvalue weighted by Crippen LogP contribution is 2.18. The predicted octanol–water partition coefficient (Wildman–Crippen LogP) is 4.96.